The molecule has 13 heteroatoms. The summed E-state index contributed by atoms with van der Waals surface area (Å²) in [5.74, 6) is 1.22. The molecule has 0 aliphatic heterocycles. The number of methoxy groups -OCH3 is 3. The first-order chi connectivity index (χ1) is 20.8. The summed E-state index contributed by atoms with van der Waals surface area (Å²) in [6, 6.07) is 10.9. The first kappa shape index (κ1) is 29.7. The summed E-state index contributed by atoms with van der Waals surface area (Å²) >= 11 is 0. The van der Waals surface area contributed by atoms with E-state index in [1.807, 2.05) is 25.1 Å². The summed E-state index contributed by atoms with van der Waals surface area (Å²) in [5.41, 5.74) is 3.60. The van der Waals surface area contributed by atoms with Gasteiger partial charge in [0.1, 0.15) is 29.0 Å². The van der Waals surface area contributed by atoms with E-state index < -0.39 is 26.9 Å². The molecule has 0 aliphatic carbocycles. The van der Waals surface area contributed by atoms with Crippen LogP contribution in [0.5, 0.6) is 11.5 Å². The van der Waals surface area contributed by atoms with Gasteiger partial charge in [-0.05, 0) is 43.7 Å². The van der Waals surface area contributed by atoms with Crippen molar-refractivity contribution in [3.8, 4) is 39.7 Å². The average Bonchev–Trinajstić information content (AvgIpc) is 3.43. The topological polar surface area (TPSA) is 144 Å². The van der Waals surface area contributed by atoms with Crippen LogP contribution in [0.15, 0.2) is 73.6 Å². The molecule has 0 aliphatic rings. The Bertz CT molecular complexity index is 1790. The van der Waals surface area contributed by atoms with Gasteiger partial charge in [0.05, 0.1) is 19.5 Å². The van der Waals surface area contributed by atoms with Crippen LogP contribution in [-0.4, -0.2) is 69.7 Å². The van der Waals surface area contributed by atoms with Crippen LogP contribution in [-0.2, 0) is 20.3 Å². The Morgan fingerprint density at radius 2 is 1.53 bits per heavy atom. The van der Waals surface area contributed by atoms with E-state index in [1.165, 1.54) is 21.3 Å². The highest BCUT2D eigenvalue weighted by atomic mass is 32.2. The number of pyridine rings is 2. The van der Waals surface area contributed by atoms with Crippen molar-refractivity contribution in [2.24, 2.45) is 0 Å². The molecule has 0 unspecified atom stereocenters. The minimum Gasteiger partial charge on any atom is -0.494 e. The van der Waals surface area contributed by atoms with Gasteiger partial charge in [-0.1, -0.05) is 12.1 Å². The Hall–Kier alpha value is -4.75. The third-order valence-corrected chi connectivity index (χ3v) is 9.03. The van der Waals surface area contributed by atoms with E-state index >= 15 is 0 Å². The van der Waals surface area contributed by atoms with Gasteiger partial charge in [-0.25, -0.2) is 18.4 Å². The number of hydrogen-bond acceptors (Lipinski definition) is 11. The molecule has 12 nitrogen and oxygen atoms in total. The summed E-state index contributed by atoms with van der Waals surface area (Å²) < 4.78 is 46.5. The fourth-order valence-electron chi connectivity index (χ4n) is 4.74. The molecule has 0 N–H and O–H groups in total. The number of aromatic nitrogens is 7. The maximum absolute atomic E-state index is 14.0. The van der Waals surface area contributed by atoms with Crippen LogP contribution < -0.4 is 9.47 Å². The number of aryl methyl sites for hydroxylation is 1. The van der Waals surface area contributed by atoms with Crippen molar-refractivity contribution in [1.82, 2.24) is 34.7 Å². The van der Waals surface area contributed by atoms with Gasteiger partial charge < -0.3 is 14.2 Å². The molecule has 5 aromatic rings. The van der Waals surface area contributed by atoms with E-state index in [9.17, 15) is 8.42 Å². The van der Waals surface area contributed by atoms with E-state index in [-0.39, 0.29) is 11.6 Å². The zero-order valence-electron chi connectivity index (χ0n) is 24.4. The largest absolute Gasteiger partial charge is 0.494 e. The third-order valence-electron chi connectivity index (χ3n) is 6.99. The maximum Gasteiger partial charge on any atom is 0.170 e. The Labute approximate surface area is 249 Å². The minimum atomic E-state index is -3.92. The molecule has 0 amide bonds. The lowest BCUT2D eigenvalue weighted by Crippen LogP contribution is -2.30. The van der Waals surface area contributed by atoms with Gasteiger partial charge >= 0.3 is 0 Å². The lowest BCUT2D eigenvalue weighted by atomic mass is 10.1. The second kappa shape index (κ2) is 12.6. The van der Waals surface area contributed by atoms with E-state index in [0.717, 1.165) is 16.7 Å². The second-order valence-corrected chi connectivity index (χ2v) is 12.1. The van der Waals surface area contributed by atoms with Crippen LogP contribution in [0.4, 0.5) is 0 Å². The summed E-state index contributed by atoms with van der Waals surface area (Å²) in [6.45, 7) is 3.47. The monoisotopic (exact) mass is 601 g/mol. The highest BCUT2D eigenvalue weighted by Gasteiger charge is 2.35. The van der Waals surface area contributed by atoms with Gasteiger partial charge in [-0.3, -0.25) is 14.5 Å². The van der Waals surface area contributed by atoms with Crippen LogP contribution in [0.2, 0.25) is 0 Å². The Morgan fingerprint density at radius 1 is 0.837 bits per heavy atom. The molecule has 4 aromatic heterocycles. The molecule has 0 fully saturated rings. The molecule has 0 bridgehead atoms. The molecule has 0 saturated carbocycles. The van der Waals surface area contributed by atoms with Gasteiger partial charge in [0.25, 0.3) is 0 Å². The van der Waals surface area contributed by atoms with Gasteiger partial charge in [0, 0.05) is 61.0 Å². The quantitative estimate of drug-likeness (QED) is 0.215. The molecule has 0 spiro atoms. The van der Waals surface area contributed by atoms with Crippen molar-refractivity contribution in [2.75, 3.05) is 21.3 Å². The van der Waals surface area contributed by atoms with E-state index in [2.05, 4.69) is 30.1 Å². The molecule has 2 atom stereocenters. The molecule has 0 radical (unpaired) electrons. The Morgan fingerprint density at radius 3 is 2.14 bits per heavy atom. The smallest absolute Gasteiger partial charge is 0.170 e. The van der Waals surface area contributed by atoms with E-state index in [4.69, 9.17) is 14.2 Å². The average molecular weight is 602 g/mol. The molecule has 43 heavy (non-hydrogen) atoms. The van der Waals surface area contributed by atoms with Gasteiger partial charge in [0.15, 0.2) is 27.3 Å². The van der Waals surface area contributed by atoms with Crippen molar-refractivity contribution in [1.29, 1.82) is 0 Å². The van der Waals surface area contributed by atoms with Gasteiger partial charge in [0.2, 0.25) is 0 Å². The summed E-state index contributed by atoms with van der Waals surface area (Å²) in [7, 11) is 0.564. The summed E-state index contributed by atoms with van der Waals surface area (Å²) in [4.78, 5) is 17.3. The maximum atomic E-state index is 14.0. The number of sulfone groups is 1. The second-order valence-electron chi connectivity index (χ2n) is 9.78. The molecular formula is C30H31N7O5S. The van der Waals surface area contributed by atoms with Crippen molar-refractivity contribution in [2.45, 2.75) is 31.0 Å². The molecule has 5 rings (SSSR count). The fraction of sp³-hybridized carbons (Fsp3) is 0.267. The van der Waals surface area contributed by atoms with E-state index in [0.29, 0.717) is 28.6 Å². The standard InChI is InChI=1S/C30H31N7O5S/c1-19-12-22(15-32-13-19)30-36-35-26(37(30)27-24(40-3)9-6-10-25(27)41-4)18-43(38,39)20(2)28(42-5)29-33-16-23(17-34-29)21-8-7-11-31-14-21/h6-17,20,28H,18H2,1-5H3/t20-,28-/m0/s1. The molecule has 0 saturated heterocycles. The van der Waals surface area contributed by atoms with Crippen LogP contribution in [0.25, 0.3) is 28.2 Å². The van der Waals surface area contributed by atoms with Crippen LogP contribution in [0, 0.1) is 6.92 Å². The highest BCUT2D eigenvalue weighted by molar-refractivity contribution is 7.91. The SMILES string of the molecule is COc1cccc(OC)c1-n1c(CS(=O)(=O)[C@@H](C)[C@H](OC)c2ncc(-c3cccnc3)cn2)nnc1-c1cncc(C)c1. The lowest BCUT2D eigenvalue weighted by molar-refractivity contribution is 0.0948. The number of rotatable bonds is 11. The Balaban J connectivity index is 1.54. The predicted octanol–water partition coefficient (Wildman–Crippen LogP) is 4.20. The van der Waals surface area contributed by atoms with Crippen LogP contribution in [0.3, 0.4) is 0 Å². The lowest BCUT2D eigenvalue weighted by Gasteiger charge is -2.22. The molecular weight excluding hydrogens is 570 g/mol. The molecule has 4 heterocycles. The van der Waals surface area contributed by atoms with E-state index in [1.54, 1.807) is 66.9 Å². The molecule has 222 valence electrons. The number of hydrogen-bond donors (Lipinski definition) is 0. The zero-order chi connectivity index (χ0) is 30.6. The van der Waals surface area contributed by atoms with Crippen molar-refractivity contribution in [3.63, 3.8) is 0 Å². The number of ether oxygens (including phenoxy) is 3. The van der Waals surface area contributed by atoms with Crippen LogP contribution >= 0.6 is 0 Å². The van der Waals surface area contributed by atoms with Crippen molar-refractivity contribution < 1.29 is 22.6 Å². The summed E-state index contributed by atoms with van der Waals surface area (Å²) in [6.07, 6.45) is 9.05. The van der Waals surface area contributed by atoms with Gasteiger partial charge in [-0.15, -0.1) is 10.2 Å². The fourth-order valence-corrected chi connectivity index (χ4v) is 6.15. The minimum absolute atomic E-state index is 0.161. The number of nitrogens with zero attached hydrogens (tertiary/aromatic N) is 7. The number of para-hydroxylation sites is 1. The summed E-state index contributed by atoms with van der Waals surface area (Å²) in [5, 5.41) is 7.70. The number of benzene rings is 1. The van der Waals surface area contributed by atoms with Crippen molar-refractivity contribution in [3.05, 3.63) is 90.8 Å². The normalized spacial score (nSPS) is 13.0. The first-order valence-electron chi connectivity index (χ1n) is 13.3. The first-order valence-corrected chi connectivity index (χ1v) is 15.0. The molecule has 1 aromatic carbocycles. The van der Waals surface area contributed by atoms with Gasteiger partial charge in [-0.2, -0.15) is 0 Å². The predicted molar refractivity (Wildman–Crippen MR) is 160 cm³/mol. The highest BCUT2D eigenvalue weighted by Crippen LogP contribution is 2.37. The zero-order valence-corrected chi connectivity index (χ0v) is 25.2. The van der Waals surface area contributed by atoms with Crippen molar-refractivity contribution >= 4 is 9.84 Å². The van der Waals surface area contributed by atoms with Crippen LogP contribution in [0.1, 0.15) is 30.2 Å². The Kier molecular flexibility index (Phi) is 8.73. The third kappa shape index (κ3) is 6.08.